The molecule has 2 rings (SSSR count). The average Bonchev–Trinajstić information content (AvgIpc) is 2.55. The number of aliphatic carboxylic acids is 1. The summed E-state index contributed by atoms with van der Waals surface area (Å²) in [4.78, 5) is 15.0. The van der Waals surface area contributed by atoms with Gasteiger partial charge in [-0.05, 0) is 23.8 Å². The first-order valence-electron chi connectivity index (χ1n) is 5.49. The van der Waals surface area contributed by atoms with Gasteiger partial charge in [0, 0.05) is 17.8 Å². The molecule has 0 bridgehead atoms. The molecule has 1 aliphatic rings. The zero-order valence-corrected chi connectivity index (χ0v) is 9.58. The molecule has 1 aliphatic heterocycles. The molecule has 0 aromatic heterocycles. The van der Waals surface area contributed by atoms with E-state index in [1.807, 2.05) is 0 Å². The molecule has 18 heavy (non-hydrogen) atoms. The number of carboxylic acids is 1. The van der Waals surface area contributed by atoms with E-state index in [1.165, 1.54) is 12.1 Å². The fraction of sp³-hybridized carbons (Fsp3) is 0.143. The van der Waals surface area contributed by atoms with Gasteiger partial charge in [0.1, 0.15) is 5.82 Å². The van der Waals surface area contributed by atoms with Crippen molar-refractivity contribution in [1.82, 2.24) is 0 Å². The minimum Gasteiger partial charge on any atom is -0.481 e. The molecule has 0 aliphatic carbocycles. The molecular weight excluding hydrogens is 233 g/mol. The van der Waals surface area contributed by atoms with Crippen LogP contribution < -0.4 is 0 Å². The highest BCUT2D eigenvalue weighted by Crippen LogP contribution is 2.32. The van der Waals surface area contributed by atoms with Gasteiger partial charge in [-0.2, -0.15) is 0 Å². The van der Waals surface area contributed by atoms with Crippen molar-refractivity contribution in [2.75, 3.05) is 0 Å². The third kappa shape index (κ3) is 2.53. The normalized spacial score (nSPS) is 21.8. The molecular formula is C14H12FNO2. The lowest BCUT2D eigenvalue weighted by atomic mass is 9.77. The Kier molecular flexibility index (Phi) is 3.37. The fourth-order valence-corrected chi connectivity index (χ4v) is 1.97. The van der Waals surface area contributed by atoms with E-state index in [4.69, 9.17) is 5.11 Å². The van der Waals surface area contributed by atoms with E-state index in [2.05, 4.69) is 4.99 Å². The number of carbonyl (C=O) groups is 1. The number of carboxylic acid groups (broad SMARTS) is 1. The molecule has 0 amide bonds. The molecule has 1 heterocycles. The summed E-state index contributed by atoms with van der Waals surface area (Å²) in [7, 11) is 0. The third-order valence-corrected chi connectivity index (χ3v) is 2.85. The van der Waals surface area contributed by atoms with Crippen molar-refractivity contribution < 1.29 is 14.3 Å². The molecule has 1 aromatic rings. The molecule has 0 saturated carbocycles. The molecule has 1 atom stereocenters. The van der Waals surface area contributed by atoms with Crippen LogP contribution in [0.25, 0.3) is 0 Å². The number of hydrogen-bond donors (Lipinski definition) is 1. The van der Waals surface area contributed by atoms with Crippen molar-refractivity contribution in [1.29, 1.82) is 0 Å². The molecule has 0 spiro atoms. The van der Waals surface area contributed by atoms with E-state index in [9.17, 15) is 9.18 Å². The minimum absolute atomic E-state index is 0.102. The number of rotatable bonds is 3. The summed E-state index contributed by atoms with van der Waals surface area (Å²) in [6.45, 7) is 0. The number of hydrogen-bond acceptors (Lipinski definition) is 2. The lowest BCUT2D eigenvalue weighted by Crippen LogP contribution is -2.24. The van der Waals surface area contributed by atoms with Crippen LogP contribution >= 0.6 is 0 Å². The Morgan fingerprint density at radius 1 is 1.28 bits per heavy atom. The van der Waals surface area contributed by atoms with E-state index >= 15 is 0 Å². The maximum Gasteiger partial charge on any atom is 0.304 e. The van der Waals surface area contributed by atoms with E-state index in [0.717, 1.165) is 5.56 Å². The molecule has 3 nitrogen and oxygen atoms in total. The Morgan fingerprint density at radius 3 is 2.67 bits per heavy atom. The van der Waals surface area contributed by atoms with Gasteiger partial charge in [-0.15, -0.1) is 0 Å². The first-order valence-corrected chi connectivity index (χ1v) is 5.49. The van der Waals surface area contributed by atoms with Gasteiger partial charge < -0.3 is 5.11 Å². The second-order valence-corrected chi connectivity index (χ2v) is 4.09. The van der Waals surface area contributed by atoms with Crippen LogP contribution in [0.4, 0.5) is 4.39 Å². The molecule has 0 radical (unpaired) electrons. The second-order valence-electron chi connectivity index (χ2n) is 4.09. The van der Waals surface area contributed by atoms with Crippen molar-refractivity contribution in [3.63, 3.8) is 0 Å². The van der Waals surface area contributed by atoms with Gasteiger partial charge in [0.2, 0.25) is 0 Å². The summed E-state index contributed by atoms with van der Waals surface area (Å²) in [6.07, 6.45) is 8.23. The topological polar surface area (TPSA) is 49.7 Å². The quantitative estimate of drug-likeness (QED) is 0.890. The SMILES string of the molecule is O=C(O)CC1(c2ccc(F)cc2)C=CC=NC=C1. The molecule has 4 heteroatoms. The summed E-state index contributed by atoms with van der Waals surface area (Å²) < 4.78 is 12.9. The van der Waals surface area contributed by atoms with Crippen LogP contribution in [0.2, 0.25) is 0 Å². The molecule has 0 fully saturated rings. The highest BCUT2D eigenvalue weighted by atomic mass is 19.1. The lowest BCUT2D eigenvalue weighted by molar-refractivity contribution is -0.137. The number of aliphatic imine (C=N–C) groups is 1. The Hall–Kier alpha value is -2.23. The van der Waals surface area contributed by atoms with Gasteiger partial charge in [-0.1, -0.05) is 24.3 Å². The molecule has 92 valence electrons. The third-order valence-electron chi connectivity index (χ3n) is 2.85. The van der Waals surface area contributed by atoms with Gasteiger partial charge in [0.15, 0.2) is 0 Å². The van der Waals surface area contributed by atoms with Gasteiger partial charge in [0.25, 0.3) is 0 Å². The zero-order chi connectivity index (χ0) is 13.0. The highest BCUT2D eigenvalue weighted by molar-refractivity contribution is 5.76. The van der Waals surface area contributed by atoms with Crippen LogP contribution in [0.5, 0.6) is 0 Å². The van der Waals surface area contributed by atoms with Gasteiger partial charge in [0.05, 0.1) is 6.42 Å². The van der Waals surface area contributed by atoms with Crippen LogP contribution in [0.3, 0.4) is 0 Å². The van der Waals surface area contributed by atoms with Crippen molar-refractivity contribution in [2.45, 2.75) is 11.8 Å². The molecule has 1 aromatic carbocycles. The van der Waals surface area contributed by atoms with E-state index in [-0.39, 0.29) is 12.2 Å². The number of allylic oxidation sites excluding steroid dienone is 3. The smallest absolute Gasteiger partial charge is 0.304 e. The standard InChI is InChI=1S/C14H12FNO2/c15-12-4-2-11(3-5-12)14(10-13(17)18)6-1-8-16-9-7-14/h1-9H,10H2,(H,17,18). The Balaban J connectivity index is 2.48. The summed E-state index contributed by atoms with van der Waals surface area (Å²) >= 11 is 0. The van der Waals surface area contributed by atoms with Crippen LogP contribution in [0, 0.1) is 5.82 Å². The monoisotopic (exact) mass is 245 g/mol. The maximum atomic E-state index is 12.9. The Morgan fingerprint density at radius 2 is 2.00 bits per heavy atom. The van der Waals surface area contributed by atoms with Gasteiger partial charge in [-0.25, -0.2) is 4.39 Å². The van der Waals surface area contributed by atoms with Crippen LogP contribution in [-0.2, 0) is 10.2 Å². The number of benzene rings is 1. The summed E-state index contributed by atoms with van der Waals surface area (Å²) in [5.74, 6) is -1.27. The van der Waals surface area contributed by atoms with E-state index < -0.39 is 11.4 Å². The highest BCUT2D eigenvalue weighted by Gasteiger charge is 2.30. The van der Waals surface area contributed by atoms with Gasteiger partial charge in [-0.3, -0.25) is 9.79 Å². The first kappa shape index (κ1) is 12.2. The van der Waals surface area contributed by atoms with Crippen molar-refractivity contribution in [3.05, 3.63) is 60.1 Å². The second kappa shape index (κ2) is 4.96. The van der Waals surface area contributed by atoms with Crippen molar-refractivity contribution >= 4 is 12.2 Å². The fourth-order valence-electron chi connectivity index (χ4n) is 1.97. The predicted octanol–water partition coefficient (Wildman–Crippen LogP) is 2.69. The van der Waals surface area contributed by atoms with Crippen LogP contribution in [0.15, 0.2) is 53.7 Å². The average molecular weight is 245 g/mol. The maximum absolute atomic E-state index is 12.9. The minimum atomic E-state index is -0.921. The van der Waals surface area contributed by atoms with Gasteiger partial charge >= 0.3 is 5.97 Å². The van der Waals surface area contributed by atoms with Crippen LogP contribution in [0.1, 0.15) is 12.0 Å². The Labute approximate surface area is 104 Å². The van der Waals surface area contributed by atoms with Crippen molar-refractivity contribution in [3.8, 4) is 0 Å². The molecule has 1 N–H and O–H groups in total. The van der Waals surface area contributed by atoms with E-state index in [0.29, 0.717) is 0 Å². The summed E-state index contributed by atoms with van der Waals surface area (Å²) in [5, 5.41) is 9.06. The number of halogens is 1. The largest absolute Gasteiger partial charge is 0.481 e. The lowest BCUT2D eigenvalue weighted by Gasteiger charge is -2.25. The summed E-state index contributed by atoms with van der Waals surface area (Å²) in [6, 6.07) is 5.84. The summed E-state index contributed by atoms with van der Waals surface area (Å²) in [5.41, 5.74) is -0.0555. The molecule has 1 unspecified atom stereocenters. The molecule has 0 saturated heterocycles. The van der Waals surface area contributed by atoms with Crippen LogP contribution in [-0.4, -0.2) is 17.3 Å². The van der Waals surface area contributed by atoms with Crippen molar-refractivity contribution in [2.24, 2.45) is 4.99 Å². The van der Waals surface area contributed by atoms with E-state index in [1.54, 1.807) is 42.8 Å². The number of nitrogens with zero attached hydrogens (tertiary/aromatic N) is 1. The predicted molar refractivity (Wildman–Crippen MR) is 67.1 cm³/mol. The zero-order valence-electron chi connectivity index (χ0n) is 9.58. The Bertz CT molecular complexity index is 513. The first-order chi connectivity index (χ1) is 8.62.